The van der Waals surface area contributed by atoms with E-state index in [1.165, 1.54) is 11.3 Å². The van der Waals surface area contributed by atoms with Gasteiger partial charge >= 0.3 is 0 Å². The molecular formula is C12H14BrCl2N3S. The van der Waals surface area contributed by atoms with Gasteiger partial charge in [0.2, 0.25) is 0 Å². The lowest BCUT2D eigenvalue weighted by Gasteiger charge is -2.19. The van der Waals surface area contributed by atoms with E-state index in [2.05, 4.69) is 40.2 Å². The summed E-state index contributed by atoms with van der Waals surface area (Å²) in [4.78, 5) is 0. The lowest BCUT2D eigenvalue weighted by Crippen LogP contribution is -2.25. The molecule has 0 radical (unpaired) electrons. The van der Waals surface area contributed by atoms with Crippen molar-refractivity contribution in [3.05, 3.63) is 36.7 Å². The van der Waals surface area contributed by atoms with Gasteiger partial charge in [0.05, 0.1) is 31.1 Å². The molecule has 1 atom stereocenters. The minimum absolute atomic E-state index is 0.0157. The molecular weight excluding hydrogens is 369 g/mol. The Bertz CT molecular complexity index is 567. The number of hydrogen-bond acceptors (Lipinski definition) is 3. The van der Waals surface area contributed by atoms with E-state index in [-0.39, 0.29) is 6.04 Å². The molecule has 1 unspecified atom stereocenters. The third-order valence-corrected chi connectivity index (χ3v) is 4.94. The zero-order valence-corrected chi connectivity index (χ0v) is 14.5. The van der Waals surface area contributed by atoms with Gasteiger partial charge in [0.25, 0.3) is 0 Å². The Kier molecular flexibility index (Phi) is 5.31. The molecule has 2 aromatic heterocycles. The second-order valence-corrected chi connectivity index (χ2v) is 7.10. The Morgan fingerprint density at radius 3 is 2.74 bits per heavy atom. The topological polar surface area (TPSA) is 29.9 Å². The molecule has 0 bridgehead atoms. The maximum atomic E-state index is 6.29. The van der Waals surface area contributed by atoms with Crippen molar-refractivity contribution in [1.82, 2.24) is 15.1 Å². The molecule has 104 valence electrons. The number of hydrogen-bond donors (Lipinski definition) is 1. The second-order valence-electron chi connectivity index (χ2n) is 3.96. The second kappa shape index (κ2) is 6.59. The Labute approximate surface area is 135 Å². The van der Waals surface area contributed by atoms with Gasteiger partial charge in [-0.2, -0.15) is 5.10 Å². The first-order valence-electron chi connectivity index (χ1n) is 5.97. The van der Waals surface area contributed by atoms with E-state index in [9.17, 15) is 0 Å². The molecule has 0 aliphatic rings. The molecule has 0 aromatic carbocycles. The minimum Gasteiger partial charge on any atom is -0.305 e. The Hall–Kier alpha value is -0.0700. The van der Waals surface area contributed by atoms with Crippen LogP contribution in [0.15, 0.2) is 16.7 Å². The van der Waals surface area contributed by atoms with Crippen LogP contribution in [0.5, 0.6) is 0 Å². The average Bonchev–Trinajstić information content (AvgIpc) is 2.89. The molecule has 0 saturated carbocycles. The van der Waals surface area contributed by atoms with Gasteiger partial charge in [-0.25, -0.2) is 0 Å². The largest absolute Gasteiger partial charge is 0.305 e. The maximum absolute atomic E-state index is 6.29. The number of nitrogens with zero attached hydrogens (tertiary/aromatic N) is 2. The van der Waals surface area contributed by atoms with Crippen molar-refractivity contribution in [1.29, 1.82) is 0 Å². The summed E-state index contributed by atoms with van der Waals surface area (Å²) in [6.07, 6.45) is 1.81. The van der Waals surface area contributed by atoms with E-state index in [0.29, 0.717) is 8.67 Å². The molecule has 0 saturated heterocycles. The number of rotatable bonds is 5. The highest BCUT2D eigenvalue weighted by molar-refractivity contribution is 9.10. The molecule has 0 aliphatic heterocycles. The molecule has 0 aliphatic carbocycles. The van der Waals surface area contributed by atoms with Crippen LogP contribution in [-0.4, -0.2) is 16.3 Å². The van der Waals surface area contributed by atoms with Crippen molar-refractivity contribution in [3.63, 3.8) is 0 Å². The predicted octanol–water partition coefficient (Wildman–Crippen LogP) is 4.73. The van der Waals surface area contributed by atoms with Gasteiger partial charge in [0.1, 0.15) is 0 Å². The van der Waals surface area contributed by atoms with E-state index in [0.717, 1.165) is 28.8 Å². The van der Waals surface area contributed by atoms with E-state index in [4.69, 9.17) is 23.2 Å². The first-order valence-corrected chi connectivity index (χ1v) is 8.34. The van der Waals surface area contributed by atoms with Crippen LogP contribution in [0.2, 0.25) is 8.67 Å². The predicted molar refractivity (Wildman–Crippen MR) is 85.5 cm³/mol. The monoisotopic (exact) mass is 381 g/mol. The summed E-state index contributed by atoms with van der Waals surface area (Å²) < 4.78 is 4.34. The van der Waals surface area contributed by atoms with Gasteiger partial charge < -0.3 is 5.32 Å². The van der Waals surface area contributed by atoms with E-state index in [1.807, 2.05) is 16.9 Å². The molecule has 3 nitrogen and oxygen atoms in total. The summed E-state index contributed by atoms with van der Waals surface area (Å²) in [6, 6.07) is 1.90. The van der Waals surface area contributed by atoms with Crippen molar-refractivity contribution in [3.8, 4) is 0 Å². The summed E-state index contributed by atoms with van der Waals surface area (Å²) in [6.45, 7) is 5.76. The Morgan fingerprint density at radius 1 is 1.47 bits per heavy atom. The van der Waals surface area contributed by atoms with Gasteiger partial charge in [0.15, 0.2) is 0 Å². The molecule has 2 rings (SSSR count). The number of halogens is 3. The summed E-state index contributed by atoms with van der Waals surface area (Å²) in [7, 11) is 0. The summed E-state index contributed by atoms with van der Waals surface area (Å²) in [5.41, 5.74) is 2.06. The highest BCUT2D eigenvalue weighted by Gasteiger charge is 2.24. The number of aromatic nitrogens is 2. The van der Waals surface area contributed by atoms with E-state index < -0.39 is 0 Å². The van der Waals surface area contributed by atoms with Crippen LogP contribution < -0.4 is 5.32 Å². The van der Waals surface area contributed by atoms with Crippen LogP contribution in [-0.2, 0) is 6.54 Å². The van der Waals surface area contributed by atoms with Crippen LogP contribution in [0.1, 0.15) is 31.1 Å². The normalized spacial score (nSPS) is 12.9. The standard InChI is InChI=1S/C12H14BrCl2N3S/c1-3-16-10(7-5-9(14)19-12(7)15)11-8(13)6-17-18(11)4-2/h5-6,10,16H,3-4H2,1-2H3. The van der Waals surface area contributed by atoms with Crippen molar-refractivity contribution in [2.45, 2.75) is 26.4 Å². The molecule has 2 heterocycles. The Morgan fingerprint density at radius 2 is 2.21 bits per heavy atom. The third-order valence-electron chi connectivity index (χ3n) is 2.81. The zero-order chi connectivity index (χ0) is 14.0. The third kappa shape index (κ3) is 3.16. The number of aryl methyl sites for hydroxylation is 1. The van der Waals surface area contributed by atoms with Crippen molar-refractivity contribution < 1.29 is 0 Å². The van der Waals surface area contributed by atoms with Crippen LogP contribution in [0.25, 0.3) is 0 Å². The molecule has 0 fully saturated rings. The first kappa shape index (κ1) is 15.3. The summed E-state index contributed by atoms with van der Waals surface area (Å²) >= 11 is 17.3. The van der Waals surface area contributed by atoms with Crippen LogP contribution in [0, 0.1) is 0 Å². The summed E-state index contributed by atoms with van der Waals surface area (Å²) in [5.74, 6) is 0. The molecule has 0 spiro atoms. The van der Waals surface area contributed by atoms with E-state index >= 15 is 0 Å². The minimum atomic E-state index is -0.0157. The van der Waals surface area contributed by atoms with E-state index in [1.54, 1.807) is 0 Å². The lowest BCUT2D eigenvalue weighted by atomic mass is 10.1. The van der Waals surface area contributed by atoms with Gasteiger partial charge in [0, 0.05) is 12.1 Å². The van der Waals surface area contributed by atoms with Gasteiger partial charge in [-0.15, -0.1) is 11.3 Å². The molecule has 7 heteroatoms. The number of thiophene rings is 1. The molecule has 2 aromatic rings. The maximum Gasteiger partial charge on any atom is 0.0996 e. The zero-order valence-electron chi connectivity index (χ0n) is 10.6. The average molecular weight is 383 g/mol. The lowest BCUT2D eigenvalue weighted by molar-refractivity contribution is 0.542. The van der Waals surface area contributed by atoms with Gasteiger partial charge in [-0.3, -0.25) is 4.68 Å². The fourth-order valence-corrected chi connectivity index (χ4v) is 4.08. The fraction of sp³-hybridized carbons (Fsp3) is 0.417. The van der Waals surface area contributed by atoms with Crippen molar-refractivity contribution >= 4 is 50.5 Å². The van der Waals surface area contributed by atoms with Crippen LogP contribution in [0.3, 0.4) is 0 Å². The van der Waals surface area contributed by atoms with Gasteiger partial charge in [-0.1, -0.05) is 30.1 Å². The summed E-state index contributed by atoms with van der Waals surface area (Å²) in [5, 5.41) is 7.80. The van der Waals surface area contributed by atoms with Crippen molar-refractivity contribution in [2.24, 2.45) is 0 Å². The van der Waals surface area contributed by atoms with Crippen molar-refractivity contribution in [2.75, 3.05) is 6.54 Å². The first-order chi connectivity index (χ1) is 9.08. The molecule has 19 heavy (non-hydrogen) atoms. The highest BCUT2D eigenvalue weighted by Crippen LogP contribution is 2.39. The number of nitrogens with one attached hydrogen (secondary N) is 1. The SMILES string of the molecule is CCNC(c1cc(Cl)sc1Cl)c1c(Br)cnn1CC. The fourth-order valence-electron chi connectivity index (χ4n) is 2.02. The molecule has 1 N–H and O–H groups in total. The quantitative estimate of drug-likeness (QED) is 0.809. The smallest absolute Gasteiger partial charge is 0.0996 e. The molecule has 0 amide bonds. The Balaban J connectivity index is 2.51. The van der Waals surface area contributed by atoms with Gasteiger partial charge in [-0.05, 0) is 35.5 Å². The highest BCUT2D eigenvalue weighted by atomic mass is 79.9. The van der Waals surface area contributed by atoms with Crippen LogP contribution >= 0.6 is 50.5 Å². The van der Waals surface area contributed by atoms with Crippen LogP contribution in [0.4, 0.5) is 0 Å².